The van der Waals surface area contributed by atoms with Gasteiger partial charge in [-0.15, -0.1) is 0 Å². The molecule has 1 aromatic carbocycles. The van der Waals surface area contributed by atoms with Crippen LogP contribution in [-0.4, -0.2) is 42.6 Å². The van der Waals surface area contributed by atoms with Crippen molar-refractivity contribution in [3.05, 3.63) is 34.9 Å². The van der Waals surface area contributed by atoms with E-state index in [-0.39, 0.29) is 18.6 Å². The van der Waals surface area contributed by atoms with Crippen LogP contribution < -0.4 is 5.73 Å². The molecule has 2 aliphatic rings. The SMILES string of the molecule is CN1C2CCC1CC(OC(=O)[C@@](C)(CN)c1ccc(Cl)cc1)C2. The number of carbonyl (C=O) groups excluding carboxylic acids is 1. The van der Waals surface area contributed by atoms with Crippen molar-refractivity contribution in [3.8, 4) is 0 Å². The predicted molar refractivity (Wildman–Crippen MR) is 91.5 cm³/mol. The third-order valence-corrected chi connectivity index (χ3v) is 5.92. The van der Waals surface area contributed by atoms with Crippen LogP contribution in [0.5, 0.6) is 0 Å². The molecule has 0 radical (unpaired) electrons. The Morgan fingerprint density at radius 2 is 1.87 bits per heavy atom. The second-order valence-electron chi connectivity index (χ2n) is 7.09. The van der Waals surface area contributed by atoms with Gasteiger partial charge in [0.15, 0.2) is 0 Å². The normalized spacial score (nSPS) is 30.0. The minimum Gasteiger partial charge on any atom is -0.462 e. The molecule has 3 atom stereocenters. The minimum atomic E-state index is -0.826. The molecule has 0 saturated carbocycles. The molecule has 5 heteroatoms. The van der Waals surface area contributed by atoms with Crippen LogP contribution in [0.1, 0.15) is 38.2 Å². The fourth-order valence-corrected chi connectivity index (χ4v) is 4.00. The number of benzene rings is 1. The summed E-state index contributed by atoms with van der Waals surface area (Å²) in [4.78, 5) is 15.3. The van der Waals surface area contributed by atoms with Gasteiger partial charge in [-0.25, -0.2) is 0 Å². The van der Waals surface area contributed by atoms with Gasteiger partial charge >= 0.3 is 5.97 Å². The first-order chi connectivity index (χ1) is 10.9. The van der Waals surface area contributed by atoms with E-state index in [9.17, 15) is 4.79 Å². The lowest BCUT2D eigenvalue weighted by molar-refractivity contribution is -0.158. The Morgan fingerprint density at radius 1 is 1.30 bits per heavy atom. The van der Waals surface area contributed by atoms with E-state index in [0.717, 1.165) is 18.4 Å². The second kappa shape index (κ2) is 6.42. The summed E-state index contributed by atoms with van der Waals surface area (Å²) in [5.74, 6) is -0.226. The Hall–Kier alpha value is -1.10. The highest BCUT2D eigenvalue weighted by atomic mass is 35.5. The molecule has 1 aromatic rings. The van der Waals surface area contributed by atoms with E-state index in [1.165, 1.54) is 12.8 Å². The summed E-state index contributed by atoms with van der Waals surface area (Å²) in [6, 6.07) is 8.38. The lowest BCUT2D eigenvalue weighted by Crippen LogP contribution is -2.47. The van der Waals surface area contributed by atoms with Crippen molar-refractivity contribution in [3.63, 3.8) is 0 Å². The van der Waals surface area contributed by atoms with Crippen molar-refractivity contribution < 1.29 is 9.53 Å². The van der Waals surface area contributed by atoms with E-state index in [1.54, 1.807) is 12.1 Å². The Morgan fingerprint density at radius 3 is 2.39 bits per heavy atom. The Labute approximate surface area is 142 Å². The minimum absolute atomic E-state index is 0.00868. The summed E-state index contributed by atoms with van der Waals surface area (Å²) in [7, 11) is 2.18. The van der Waals surface area contributed by atoms with Crippen LogP contribution in [0.3, 0.4) is 0 Å². The van der Waals surface area contributed by atoms with Gasteiger partial charge in [-0.05, 0) is 57.4 Å². The number of nitrogens with two attached hydrogens (primary N) is 1. The molecular weight excluding hydrogens is 312 g/mol. The summed E-state index contributed by atoms with van der Waals surface area (Å²) in [6.07, 6.45) is 4.29. The molecule has 3 rings (SSSR count). The molecule has 2 bridgehead atoms. The highest BCUT2D eigenvalue weighted by Crippen LogP contribution is 2.36. The van der Waals surface area contributed by atoms with Crippen molar-refractivity contribution in [2.45, 2.75) is 56.2 Å². The topological polar surface area (TPSA) is 55.6 Å². The molecule has 2 aliphatic heterocycles. The first-order valence-electron chi connectivity index (χ1n) is 8.33. The first kappa shape index (κ1) is 16.7. The van der Waals surface area contributed by atoms with Crippen LogP contribution in [-0.2, 0) is 14.9 Å². The van der Waals surface area contributed by atoms with Gasteiger partial charge in [0.05, 0.1) is 0 Å². The number of rotatable bonds is 4. The summed E-state index contributed by atoms with van der Waals surface area (Å²) in [6.45, 7) is 2.06. The van der Waals surface area contributed by atoms with Crippen LogP contribution >= 0.6 is 11.6 Å². The maximum absolute atomic E-state index is 12.8. The molecule has 23 heavy (non-hydrogen) atoms. The van der Waals surface area contributed by atoms with Gasteiger partial charge in [0, 0.05) is 23.7 Å². The monoisotopic (exact) mass is 336 g/mol. The van der Waals surface area contributed by atoms with E-state index in [0.29, 0.717) is 17.1 Å². The van der Waals surface area contributed by atoms with Gasteiger partial charge in [0.2, 0.25) is 0 Å². The van der Waals surface area contributed by atoms with Crippen LogP contribution in [0.2, 0.25) is 5.02 Å². The fraction of sp³-hybridized carbons (Fsp3) is 0.611. The van der Waals surface area contributed by atoms with Crippen molar-refractivity contribution in [1.82, 2.24) is 4.90 Å². The van der Waals surface area contributed by atoms with E-state index in [4.69, 9.17) is 22.1 Å². The molecule has 2 N–H and O–H groups in total. The lowest BCUT2D eigenvalue weighted by Gasteiger charge is -2.37. The van der Waals surface area contributed by atoms with E-state index < -0.39 is 5.41 Å². The Kier molecular flexibility index (Phi) is 4.68. The van der Waals surface area contributed by atoms with Crippen molar-refractivity contribution in [2.24, 2.45) is 5.73 Å². The summed E-state index contributed by atoms with van der Waals surface area (Å²) in [5.41, 5.74) is 5.96. The maximum Gasteiger partial charge on any atom is 0.317 e. The average molecular weight is 337 g/mol. The molecule has 0 aliphatic carbocycles. The maximum atomic E-state index is 12.8. The molecule has 2 unspecified atom stereocenters. The number of piperidine rings is 1. The Balaban J connectivity index is 1.72. The highest BCUT2D eigenvalue weighted by Gasteiger charge is 2.42. The molecule has 4 nitrogen and oxygen atoms in total. The summed E-state index contributed by atoms with van der Waals surface area (Å²) >= 11 is 5.94. The van der Waals surface area contributed by atoms with Gasteiger partial charge in [-0.3, -0.25) is 4.79 Å². The van der Waals surface area contributed by atoms with Crippen molar-refractivity contribution in [2.75, 3.05) is 13.6 Å². The van der Waals surface area contributed by atoms with Gasteiger partial charge in [0.25, 0.3) is 0 Å². The molecule has 2 fully saturated rings. The molecular formula is C18H25ClN2O2. The number of fused-ring (bicyclic) bond motifs is 2. The number of hydrogen-bond donors (Lipinski definition) is 1. The van der Waals surface area contributed by atoms with E-state index in [1.807, 2.05) is 19.1 Å². The van der Waals surface area contributed by atoms with Crippen LogP contribution in [0.4, 0.5) is 0 Å². The predicted octanol–water partition coefficient (Wildman–Crippen LogP) is 2.72. The van der Waals surface area contributed by atoms with Gasteiger partial charge < -0.3 is 15.4 Å². The number of ether oxygens (including phenoxy) is 1. The standard InChI is InChI=1S/C18H25ClN2O2/c1-18(11-20,12-3-5-13(19)6-4-12)17(22)23-16-9-14-7-8-15(10-16)21(14)2/h3-6,14-16H,7-11,20H2,1-2H3/t14?,15?,16?,18-/m0/s1. The summed E-state index contributed by atoms with van der Waals surface area (Å²) < 4.78 is 5.88. The zero-order valence-electron chi connectivity index (χ0n) is 13.8. The second-order valence-corrected chi connectivity index (χ2v) is 7.53. The molecule has 2 saturated heterocycles. The average Bonchev–Trinajstić information content (AvgIpc) is 2.76. The van der Waals surface area contributed by atoms with Gasteiger partial charge in [-0.2, -0.15) is 0 Å². The molecule has 126 valence electrons. The molecule has 0 amide bonds. The lowest BCUT2D eigenvalue weighted by atomic mass is 9.82. The number of carbonyl (C=O) groups is 1. The summed E-state index contributed by atoms with van der Waals surface area (Å²) in [5, 5.41) is 0.647. The molecule has 2 heterocycles. The van der Waals surface area contributed by atoms with Crippen LogP contribution in [0, 0.1) is 0 Å². The quantitative estimate of drug-likeness (QED) is 0.859. The van der Waals surface area contributed by atoms with Crippen LogP contribution in [0.25, 0.3) is 0 Å². The van der Waals surface area contributed by atoms with Crippen LogP contribution in [0.15, 0.2) is 24.3 Å². The highest BCUT2D eigenvalue weighted by molar-refractivity contribution is 6.30. The van der Waals surface area contributed by atoms with Crippen molar-refractivity contribution >= 4 is 17.6 Å². The largest absolute Gasteiger partial charge is 0.462 e. The zero-order valence-corrected chi connectivity index (χ0v) is 14.6. The third kappa shape index (κ3) is 3.12. The molecule has 0 spiro atoms. The number of hydrogen-bond acceptors (Lipinski definition) is 4. The molecule has 0 aromatic heterocycles. The van der Waals surface area contributed by atoms with Crippen molar-refractivity contribution in [1.29, 1.82) is 0 Å². The fourth-order valence-electron chi connectivity index (χ4n) is 3.88. The number of halogens is 1. The van der Waals surface area contributed by atoms with E-state index >= 15 is 0 Å². The number of nitrogens with zero attached hydrogens (tertiary/aromatic N) is 1. The smallest absolute Gasteiger partial charge is 0.317 e. The van der Waals surface area contributed by atoms with Gasteiger partial charge in [0.1, 0.15) is 11.5 Å². The Bertz CT molecular complexity index is 563. The first-order valence-corrected chi connectivity index (χ1v) is 8.71. The number of esters is 1. The van der Waals surface area contributed by atoms with Gasteiger partial charge in [-0.1, -0.05) is 23.7 Å². The zero-order chi connectivity index (χ0) is 16.6. The third-order valence-electron chi connectivity index (χ3n) is 5.67. The van der Waals surface area contributed by atoms with E-state index in [2.05, 4.69) is 11.9 Å².